The number of hydrogen-bond acceptors (Lipinski definition) is 3. The van der Waals surface area contributed by atoms with Crippen LogP contribution in [0.15, 0.2) is 10.8 Å². The molecule has 1 aliphatic rings. The number of ether oxygens (including phenoxy) is 1. The third kappa shape index (κ3) is 2.56. The summed E-state index contributed by atoms with van der Waals surface area (Å²) in [5.41, 5.74) is 3.10. The Balaban J connectivity index is 1.84. The zero-order valence-corrected chi connectivity index (χ0v) is 12.1. The molecule has 1 aromatic rings. The summed E-state index contributed by atoms with van der Waals surface area (Å²) in [6, 6.07) is 0.582. The van der Waals surface area contributed by atoms with Gasteiger partial charge in [-0.25, -0.2) is 0 Å². The van der Waals surface area contributed by atoms with Crippen LogP contribution in [0, 0.1) is 12.3 Å². The molecule has 0 amide bonds. The Hall–Kier alpha value is -0.380. The molecule has 96 valence electrons. The van der Waals surface area contributed by atoms with Crippen molar-refractivity contribution in [2.45, 2.75) is 52.8 Å². The summed E-state index contributed by atoms with van der Waals surface area (Å²) >= 11 is 1.79. The smallest absolute Gasteiger partial charge is 0.0655 e. The maximum Gasteiger partial charge on any atom is 0.0655 e. The van der Waals surface area contributed by atoms with Crippen LogP contribution in [-0.2, 0) is 11.3 Å². The van der Waals surface area contributed by atoms with Crippen molar-refractivity contribution in [2.24, 2.45) is 5.41 Å². The Kier molecular flexibility index (Phi) is 3.91. The number of nitrogens with one attached hydrogen (secondary N) is 1. The average molecular weight is 253 g/mol. The first-order valence-corrected chi connectivity index (χ1v) is 7.36. The first-order chi connectivity index (χ1) is 8.05. The fraction of sp³-hybridized carbons (Fsp3) is 0.714. The quantitative estimate of drug-likeness (QED) is 0.869. The van der Waals surface area contributed by atoms with Crippen molar-refractivity contribution < 1.29 is 4.74 Å². The van der Waals surface area contributed by atoms with Gasteiger partial charge in [0.2, 0.25) is 0 Å². The van der Waals surface area contributed by atoms with Crippen LogP contribution in [-0.4, -0.2) is 18.8 Å². The fourth-order valence-electron chi connectivity index (χ4n) is 2.52. The third-order valence-electron chi connectivity index (χ3n) is 4.05. The second-order valence-corrected chi connectivity index (χ2v) is 6.26. The van der Waals surface area contributed by atoms with Gasteiger partial charge < -0.3 is 10.1 Å². The highest BCUT2D eigenvalue weighted by Crippen LogP contribution is 2.42. The van der Waals surface area contributed by atoms with Crippen molar-refractivity contribution in [2.75, 3.05) is 6.61 Å². The van der Waals surface area contributed by atoms with E-state index in [9.17, 15) is 0 Å². The molecule has 1 N–H and O–H groups in total. The molecule has 0 radical (unpaired) electrons. The predicted molar refractivity (Wildman–Crippen MR) is 73.5 cm³/mol. The van der Waals surface area contributed by atoms with E-state index in [0.29, 0.717) is 12.1 Å². The molecule has 0 saturated heterocycles. The summed E-state index contributed by atoms with van der Waals surface area (Å²) in [6.07, 6.45) is 1.57. The van der Waals surface area contributed by atoms with Crippen LogP contribution in [0.4, 0.5) is 0 Å². The van der Waals surface area contributed by atoms with Gasteiger partial charge in [-0.3, -0.25) is 0 Å². The van der Waals surface area contributed by atoms with E-state index < -0.39 is 0 Å². The van der Waals surface area contributed by atoms with E-state index in [-0.39, 0.29) is 5.41 Å². The van der Waals surface area contributed by atoms with Crippen molar-refractivity contribution in [1.29, 1.82) is 0 Å². The van der Waals surface area contributed by atoms with Crippen LogP contribution < -0.4 is 5.32 Å². The lowest BCUT2D eigenvalue weighted by atomic mass is 9.64. The highest BCUT2D eigenvalue weighted by atomic mass is 32.1. The van der Waals surface area contributed by atoms with Gasteiger partial charge in [-0.15, -0.1) is 0 Å². The molecule has 3 heteroatoms. The lowest BCUT2D eigenvalue weighted by molar-refractivity contribution is -0.114. The Labute approximate surface area is 108 Å². The molecule has 2 unspecified atom stereocenters. The predicted octanol–water partition coefficient (Wildman–Crippen LogP) is 3.35. The molecule has 17 heavy (non-hydrogen) atoms. The topological polar surface area (TPSA) is 21.3 Å². The standard InChI is InChI=1S/C14H23NOS/c1-5-16-13-6-12(14(13,3)4)15-7-11-9-17-8-10(11)2/h8-9,12-13,15H,5-7H2,1-4H3. The normalized spacial score (nSPS) is 26.8. The minimum absolute atomic E-state index is 0.264. The Bertz CT molecular complexity index is 372. The van der Waals surface area contributed by atoms with Gasteiger partial charge in [0.15, 0.2) is 0 Å². The zero-order chi connectivity index (χ0) is 12.5. The molecule has 2 nitrogen and oxygen atoms in total. The first-order valence-electron chi connectivity index (χ1n) is 6.42. The Morgan fingerprint density at radius 2 is 2.24 bits per heavy atom. The molecule has 1 aromatic heterocycles. The summed E-state index contributed by atoms with van der Waals surface area (Å²) in [4.78, 5) is 0. The van der Waals surface area contributed by atoms with E-state index in [4.69, 9.17) is 4.74 Å². The second kappa shape index (κ2) is 5.09. The van der Waals surface area contributed by atoms with E-state index in [2.05, 4.69) is 43.8 Å². The third-order valence-corrected chi connectivity index (χ3v) is 4.96. The van der Waals surface area contributed by atoms with Crippen molar-refractivity contribution in [3.05, 3.63) is 21.9 Å². The molecule has 2 rings (SSSR count). The molecule has 1 saturated carbocycles. The average Bonchev–Trinajstić information content (AvgIpc) is 2.68. The SMILES string of the molecule is CCOC1CC(NCc2cscc2C)C1(C)C. The molecule has 1 aliphatic carbocycles. The van der Waals surface area contributed by atoms with Crippen molar-refractivity contribution in [3.8, 4) is 0 Å². The minimum atomic E-state index is 0.264. The maximum absolute atomic E-state index is 5.75. The second-order valence-electron chi connectivity index (χ2n) is 5.51. The maximum atomic E-state index is 5.75. The fourth-order valence-corrected chi connectivity index (χ4v) is 3.37. The molecule has 0 spiro atoms. The number of hydrogen-bond donors (Lipinski definition) is 1. The van der Waals surface area contributed by atoms with Gasteiger partial charge in [0.1, 0.15) is 0 Å². The number of thiophene rings is 1. The lowest BCUT2D eigenvalue weighted by Gasteiger charge is -2.52. The Morgan fingerprint density at radius 3 is 2.76 bits per heavy atom. The molecular weight excluding hydrogens is 230 g/mol. The van der Waals surface area contributed by atoms with E-state index in [0.717, 1.165) is 19.6 Å². The van der Waals surface area contributed by atoms with Gasteiger partial charge in [0, 0.05) is 24.6 Å². The molecule has 1 fully saturated rings. The van der Waals surface area contributed by atoms with Crippen molar-refractivity contribution >= 4 is 11.3 Å². The van der Waals surface area contributed by atoms with Crippen molar-refractivity contribution in [3.63, 3.8) is 0 Å². The summed E-state index contributed by atoms with van der Waals surface area (Å²) in [7, 11) is 0. The summed E-state index contributed by atoms with van der Waals surface area (Å²) in [5.74, 6) is 0. The number of aryl methyl sites for hydroxylation is 1. The molecule has 0 bridgehead atoms. The van der Waals surface area contributed by atoms with Crippen LogP contribution in [0.25, 0.3) is 0 Å². The van der Waals surface area contributed by atoms with Gasteiger partial charge in [-0.1, -0.05) is 13.8 Å². The summed E-state index contributed by atoms with van der Waals surface area (Å²) < 4.78 is 5.75. The molecule has 0 aliphatic heterocycles. The molecule has 2 atom stereocenters. The molecular formula is C14H23NOS. The number of rotatable bonds is 5. The first kappa shape index (κ1) is 13.1. The molecule has 1 heterocycles. The Morgan fingerprint density at radius 1 is 1.47 bits per heavy atom. The van der Waals surface area contributed by atoms with E-state index in [1.165, 1.54) is 11.1 Å². The van der Waals surface area contributed by atoms with E-state index in [1.807, 2.05) is 0 Å². The van der Waals surface area contributed by atoms with Crippen LogP contribution in [0.2, 0.25) is 0 Å². The van der Waals surface area contributed by atoms with Crippen molar-refractivity contribution in [1.82, 2.24) is 5.32 Å². The van der Waals surface area contributed by atoms with Crippen LogP contribution >= 0.6 is 11.3 Å². The van der Waals surface area contributed by atoms with Gasteiger partial charge in [0.05, 0.1) is 6.10 Å². The van der Waals surface area contributed by atoms with Gasteiger partial charge in [-0.05, 0) is 42.2 Å². The van der Waals surface area contributed by atoms with E-state index in [1.54, 1.807) is 11.3 Å². The highest BCUT2D eigenvalue weighted by Gasteiger charge is 2.48. The van der Waals surface area contributed by atoms with Gasteiger partial charge in [-0.2, -0.15) is 11.3 Å². The summed E-state index contributed by atoms with van der Waals surface area (Å²) in [5, 5.41) is 8.13. The van der Waals surface area contributed by atoms with Crippen LogP contribution in [0.5, 0.6) is 0 Å². The molecule has 0 aromatic carbocycles. The lowest BCUT2D eigenvalue weighted by Crippen LogP contribution is -2.60. The van der Waals surface area contributed by atoms with Gasteiger partial charge in [0.25, 0.3) is 0 Å². The monoisotopic (exact) mass is 253 g/mol. The van der Waals surface area contributed by atoms with Crippen LogP contribution in [0.3, 0.4) is 0 Å². The largest absolute Gasteiger partial charge is 0.378 e. The zero-order valence-electron chi connectivity index (χ0n) is 11.2. The van der Waals surface area contributed by atoms with Crippen LogP contribution in [0.1, 0.15) is 38.3 Å². The highest BCUT2D eigenvalue weighted by molar-refractivity contribution is 7.08. The van der Waals surface area contributed by atoms with E-state index >= 15 is 0 Å². The minimum Gasteiger partial charge on any atom is -0.378 e. The summed E-state index contributed by atoms with van der Waals surface area (Å²) in [6.45, 7) is 10.7. The van der Waals surface area contributed by atoms with Gasteiger partial charge >= 0.3 is 0 Å².